The first-order valence-corrected chi connectivity index (χ1v) is 8.19. The number of imidazole rings is 1. The summed E-state index contributed by atoms with van der Waals surface area (Å²) in [4.78, 5) is 30.6. The summed E-state index contributed by atoms with van der Waals surface area (Å²) < 4.78 is 7.01. The van der Waals surface area contributed by atoms with Crippen molar-refractivity contribution < 1.29 is 14.0 Å². The van der Waals surface area contributed by atoms with Gasteiger partial charge in [0.2, 0.25) is 5.91 Å². The molecule has 128 valence electrons. The van der Waals surface area contributed by atoms with Crippen LogP contribution in [0, 0.1) is 6.92 Å². The van der Waals surface area contributed by atoms with Gasteiger partial charge in [-0.3, -0.25) is 9.59 Å². The normalized spacial score (nSPS) is 16.8. The number of hydrogen-bond acceptors (Lipinski definition) is 4. The van der Waals surface area contributed by atoms with Crippen molar-refractivity contribution in [2.75, 3.05) is 13.1 Å². The highest BCUT2D eigenvalue weighted by Crippen LogP contribution is 2.16. The lowest BCUT2D eigenvalue weighted by Crippen LogP contribution is -2.47. The molecule has 1 fully saturated rings. The van der Waals surface area contributed by atoms with Crippen LogP contribution in [0.3, 0.4) is 0 Å². The molecule has 1 aliphatic rings. The van der Waals surface area contributed by atoms with Gasteiger partial charge in [-0.1, -0.05) is 0 Å². The molecule has 1 N–H and O–H groups in total. The Morgan fingerprint density at radius 2 is 2.12 bits per heavy atom. The standard InChI is InChI=1S/C17H22N4O3/c1-12(21-10-7-18-13(21)2)16(22)19-14-5-8-20(9-6-14)17(23)15-4-3-11-24-15/h3-4,7,10-12,14H,5-6,8-9H2,1-2H3,(H,19,22)/t12-/m0/s1. The Morgan fingerprint density at radius 1 is 1.38 bits per heavy atom. The van der Waals surface area contributed by atoms with Gasteiger partial charge in [-0.25, -0.2) is 4.98 Å². The fourth-order valence-corrected chi connectivity index (χ4v) is 3.03. The third-order valence-corrected chi connectivity index (χ3v) is 4.52. The molecule has 0 aliphatic carbocycles. The van der Waals surface area contributed by atoms with Crippen molar-refractivity contribution in [1.82, 2.24) is 19.8 Å². The minimum atomic E-state index is -0.296. The Labute approximate surface area is 140 Å². The van der Waals surface area contributed by atoms with Crippen LogP contribution < -0.4 is 5.32 Å². The molecule has 0 radical (unpaired) electrons. The summed E-state index contributed by atoms with van der Waals surface area (Å²) in [6.45, 7) is 4.97. The maximum Gasteiger partial charge on any atom is 0.289 e. The Morgan fingerprint density at radius 3 is 2.71 bits per heavy atom. The highest BCUT2D eigenvalue weighted by Gasteiger charge is 2.27. The Bertz CT molecular complexity index is 699. The second-order valence-corrected chi connectivity index (χ2v) is 6.11. The second kappa shape index (κ2) is 6.90. The molecule has 0 unspecified atom stereocenters. The van der Waals surface area contributed by atoms with Crippen molar-refractivity contribution in [3.05, 3.63) is 42.4 Å². The number of rotatable bonds is 4. The van der Waals surface area contributed by atoms with Crippen LogP contribution in [0.5, 0.6) is 0 Å². The number of nitrogens with zero attached hydrogens (tertiary/aromatic N) is 3. The molecule has 2 aromatic rings. The minimum absolute atomic E-state index is 0.0214. The van der Waals surface area contributed by atoms with E-state index in [1.54, 1.807) is 23.2 Å². The van der Waals surface area contributed by atoms with E-state index in [-0.39, 0.29) is 23.9 Å². The van der Waals surface area contributed by atoms with Gasteiger partial charge in [-0.15, -0.1) is 0 Å². The van der Waals surface area contributed by atoms with Crippen molar-refractivity contribution in [3.63, 3.8) is 0 Å². The monoisotopic (exact) mass is 330 g/mol. The molecule has 24 heavy (non-hydrogen) atoms. The summed E-state index contributed by atoms with van der Waals surface area (Å²) in [5.41, 5.74) is 0. The maximum atomic E-state index is 12.4. The van der Waals surface area contributed by atoms with E-state index in [0.717, 1.165) is 18.7 Å². The average Bonchev–Trinajstić information content (AvgIpc) is 3.25. The highest BCUT2D eigenvalue weighted by molar-refractivity contribution is 5.91. The first-order valence-electron chi connectivity index (χ1n) is 8.19. The first-order chi connectivity index (χ1) is 11.6. The third-order valence-electron chi connectivity index (χ3n) is 4.52. The molecule has 7 nitrogen and oxygen atoms in total. The largest absolute Gasteiger partial charge is 0.459 e. The SMILES string of the molecule is Cc1nccn1[C@@H](C)C(=O)NC1CCN(C(=O)c2ccco2)CC1. The van der Waals surface area contributed by atoms with E-state index >= 15 is 0 Å². The van der Waals surface area contributed by atoms with E-state index in [1.165, 1.54) is 6.26 Å². The van der Waals surface area contributed by atoms with Crippen LogP contribution in [-0.4, -0.2) is 45.4 Å². The van der Waals surface area contributed by atoms with Gasteiger partial charge >= 0.3 is 0 Å². The summed E-state index contributed by atoms with van der Waals surface area (Å²) >= 11 is 0. The van der Waals surface area contributed by atoms with Crippen LogP contribution in [0.25, 0.3) is 0 Å². The predicted octanol–water partition coefficient (Wildman–Crippen LogP) is 1.77. The Balaban J connectivity index is 1.51. The fraction of sp³-hybridized carbons (Fsp3) is 0.471. The molecule has 1 atom stereocenters. The number of piperidine rings is 1. The number of likely N-dealkylation sites (tertiary alicyclic amines) is 1. The third kappa shape index (κ3) is 3.34. The maximum absolute atomic E-state index is 12.4. The molecule has 0 aromatic carbocycles. The predicted molar refractivity (Wildman–Crippen MR) is 87.5 cm³/mol. The number of aryl methyl sites for hydroxylation is 1. The van der Waals surface area contributed by atoms with E-state index in [2.05, 4.69) is 10.3 Å². The molecule has 1 aliphatic heterocycles. The molecular formula is C17H22N4O3. The van der Waals surface area contributed by atoms with Gasteiger partial charge in [0.1, 0.15) is 11.9 Å². The summed E-state index contributed by atoms with van der Waals surface area (Å²) in [5.74, 6) is 1.07. The summed E-state index contributed by atoms with van der Waals surface area (Å²) in [7, 11) is 0. The van der Waals surface area contributed by atoms with E-state index in [0.29, 0.717) is 18.8 Å². The Hall–Kier alpha value is -2.57. The van der Waals surface area contributed by atoms with Crippen LogP contribution in [0.4, 0.5) is 0 Å². The number of carbonyl (C=O) groups is 2. The molecule has 2 aromatic heterocycles. The van der Waals surface area contributed by atoms with Gasteiger partial charge in [0.25, 0.3) is 5.91 Å². The molecule has 1 saturated heterocycles. The van der Waals surface area contributed by atoms with Crippen LogP contribution in [0.1, 0.15) is 42.2 Å². The zero-order valence-corrected chi connectivity index (χ0v) is 13.9. The molecule has 3 heterocycles. The van der Waals surface area contributed by atoms with Crippen molar-refractivity contribution in [2.45, 2.75) is 38.8 Å². The lowest BCUT2D eigenvalue weighted by molar-refractivity contribution is -0.124. The molecule has 7 heteroatoms. The van der Waals surface area contributed by atoms with Crippen molar-refractivity contribution in [3.8, 4) is 0 Å². The van der Waals surface area contributed by atoms with Gasteiger partial charge < -0.3 is 19.2 Å². The van der Waals surface area contributed by atoms with Gasteiger partial charge in [0.15, 0.2) is 5.76 Å². The van der Waals surface area contributed by atoms with Crippen molar-refractivity contribution >= 4 is 11.8 Å². The highest BCUT2D eigenvalue weighted by atomic mass is 16.3. The lowest BCUT2D eigenvalue weighted by atomic mass is 10.0. The Kier molecular flexibility index (Phi) is 4.69. The molecule has 0 spiro atoms. The molecule has 0 saturated carbocycles. The number of hydrogen-bond donors (Lipinski definition) is 1. The van der Waals surface area contributed by atoms with Crippen molar-refractivity contribution in [1.29, 1.82) is 0 Å². The minimum Gasteiger partial charge on any atom is -0.459 e. The van der Waals surface area contributed by atoms with Gasteiger partial charge in [0, 0.05) is 31.5 Å². The van der Waals surface area contributed by atoms with E-state index in [1.807, 2.05) is 24.6 Å². The number of nitrogens with one attached hydrogen (secondary N) is 1. The van der Waals surface area contributed by atoms with Gasteiger partial charge in [-0.05, 0) is 38.8 Å². The fourth-order valence-electron chi connectivity index (χ4n) is 3.03. The van der Waals surface area contributed by atoms with Gasteiger partial charge in [0.05, 0.1) is 6.26 Å². The number of furan rings is 1. The molecule has 3 rings (SSSR count). The topological polar surface area (TPSA) is 80.4 Å². The van der Waals surface area contributed by atoms with Crippen LogP contribution in [0.2, 0.25) is 0 Å². The quantitative estimate of drug-likeness (QED) is 0.926. The number of aromatic nitrogens is 2. The van der Waals surface area contributed by atoms with Crippen molar-refractivity contribution in [2.24, 2.45) is 0 Å². The smallest absolute Gasteiger partial charge is 0.289 e. The molecule has 2 amide bonds. The number of amides is 2. The van der Waals surface area contributed by atoms with E-state index in [9.17, 15) is 9.59 Å². The zero-order chi connectivity index (χ0) is 17.1. The van der Waals surface area contributed by atoms with Crippen LogP contribution in [0.15, 0.2) is 35.2 Å². The summed E-state index contributed by atoms with van der Waals surface area (Å²) in [5, 5.41) is 3.08. The summed E-state index contributed by atoms with van der Waals surface area (Å²) in [6.07, 6.45) is 6.49. The first kappa shape index (κ1) is 16.3. The molecular weight excluding hydrogens is 308 g/mol. The average molecular weight is 330 g/mol. The van der Waals surface area contributed by atoms with Crippen LogP contribution in [-0.2, 0) is 4.79 Å². The zero-order valence-electron chi connectivity index (χ0n) is 13.9. The molecule has 0 bridgehead atoms. The second-order valence-electron chi connectivity index (χ2n) is 6.11. The van der Waals surface area contributed by atoms with E-state index in [4.69, 9.17) is 4.42 Å². The number of carbonyl (C=O) groups excluding carboxylic acids is 2. The summed E-state index contributed by atoms with van der Waals surface area (Å²) in [6, 6.07) is 3.17. The van der Waals surface area contributed by atoms with E-state index < -0.39 is 0 Å². The lowest BCUT2D eigenvalue weighted by Gasteiger charge is -2.32. The van der Waals surface area contributed by atoms with Gasteiger partial charge in [-0.2, -0.15) is 0 Å². The van der Waals surface area contributed by atoms with Crippen LogP contribution >= 0.6 is 0 Å².